The highest BCUT2D eigenvalue weighted by molar-refractivity contribution is 5.90. The van der Waals surface area contributed by atoms with Gasteiger partial charge >= 0.3 is 0 Å². The molecule has 0 unspecified atom stereocenters. The number of aromatic nitrogens is 2. The van der Waals surface area contributed by atoms with Crippen molar-refractivity contribution in [2.45, 2.75) is 64.8 Å². The quantitative estimate of drug-likeness (QED) is 0.595. The van der Waals surface area contributed by atoms with Crippen LogP contribution in [0.3, 0.4) is 0 Å². The Balaban J connectivity index is 1.28. The van der Waals surface area contributed by atoms with E-state index in [-0.39, 0.29) is 28.7 Å². The van der Waals surface area contributed by atoms with Gasteiger partial charge < -0.3 is 15.2 Å². The summed E-state index contributed by atoms with van der Waals surface area (Å²) < 4.78 is 1.68. The molecule has 8 heteroatoms. The highest BCUT2D eigenvalue weighted by atomic mass is 16.2. The van der Waals surface area contributed by atoms with E-state index in [1.54, 1.807) is 23.9 Å². The van der Waals surface area contributed by atoms with Crippen LogP contribution in [0.15, 0.2) is 18.3 Å². The number of nitrogens with one attached hydrogen (secondary N) is 3. The van der Waals surface area contributed by atoms with Crippen LogP contribution in [0, 0.1) is 34.5 Å². The second kappa shape index (κ2) is 7.99. The molecule has 3 N–H and O–H groups in total. The summed E-state index contributed by atoms with van der Waals surface area (Å²) in [6.07, 6.45) is 13.5. The minimum atomic E-state index is -0.00616. The normalized spacial score (nSPS) is 39.1. The molecule has 0 aromatic carbocycles. The van der Waals surface area contributed by atoms with Gasteiger partial charge in [0.1, 0.15) is 0 Å². The van der Waals surface area contributed by atoms with Gasteiger partial charge in [0.2, 0.25) is 24.2 Å². The maximum Gasteiger partial charge on any atom is 0.243 e. The van der Waals surface area contributed by atoms with Crippen molar-refractivity contribution in [3.8, 4) is 0 Å². The van der Waals surface area contributed by atoms with E-state index in [4.69, 9.17) is 0 Å². The maximum atomic E-state index is 12.9. The van der Waals surface area contributed by atoms with Crippen molar-refractivity contribution in [3.63, 3.8) is 0 Å². The lowest BCUT2D eigenvalue weighted by atomic mass is 9.48. The number of rotatable bonds is 5. The van der Waals surface area contributed by atoms with Crippen LogP contribution in [-0.2, 0) is 21.4 Å². The molecule has 0 bridgehead atoms. The fourth-order valence-corrected chi connectivity index (χ4v) is 7.91. The number of carbonyl (C=O) groups is 3. The molecule has 0 saturated heterocycles. The molecule has 0 radical (unpaired) electrons. The van der Waals surface area contributed by atoms with Gasteiger partial charge in [0.15, 0.2) is 5.82 Å². The van der Waals surface area contributed by atoms with Crippen LogP contribution in [0.5, 0.6) is 0 Å². The molecule has 7 atom stereocenters. The van der Waals surface area contributed by atoms with Crippen molar-refractivity contribution in [2.24, 2.45) is 41.5 Å². The van der Waals surface area contributed by atoms with Gasteiger partial charge in [-0.05, 0) is 73.7 Å². The Kier molecular flexibility index (Phi) is 5.37. The molecular formula is C25H35N5O3. The zero-order valence-corrected chi connectivity index (χ0v) is 19.8. The lowest BCUT2D eigenvalue weighted by Gasteiger charge is -2.59. The number of carbonyl (C=O) groups excluding carboxylic acids is 3. The molecule has 5 rings (SSSR count). The Hall–Kier alpha value is -2.64. The number of fused-ring (bicyclic) bond motifs is 5. The van der Waals surface area contributed by atoms with E-state index in [0.717, 1.165) is 25.7 Å². The van der Waals surface area contributed by atoms with Gasteiger partial charge in [-0.15, -0.1) is 0 Å². The Labute approximate surface area is 195 Å². The fraction of sp³-hybridized carbons (Fsp3) is 0.680. The SMILES string of the molecule is Cn1cc(NC(=O)C[C@H]2CC[C@H]3[C@@H]4CC[C@H]5NC(=O)C=C[C@]5(C)[C@H]4CC[C@]23C)nc1NC=O. The highest BCUT2D eigenvalue weighted by Crippen LogP contribution is 2.65. The molecule has 4 aliphatic rings. The number of anilines is 2. The summed E-state index contributed by atoms with van der Waals surface area (Å²) in [6, 6.07) is 0.251. The van der Waals surface area contributed by atoms with Gasteiger partial charge in [-0.2, -0.15) is 4.98 Å². The van der Waals surface area contributed by atoms with Crippen LogP contribution >= 0.6 is 0 Å². The summed E-state index contributed by atoms with van der Waals surface area (Å²) in [6.45, 7) is 4.76. The van der Waals surface area contributed by atoms with Crippen LogP contribution in [0.25, 0.3) is 0 Å². The molecule has 2 heterocycles. The third kappa shape index (κ3) is 3.58. The van der Waals surface area contributed by atoms with Crippen molar-refractivity contribution < 1.29 is 14.4 Å². The molecule has 33 heavy (non-hydrogen) atoms. The van der Waals surface area contributed by atoms with Gasteiger partial charge in [-0.25, -0.2) is 0 Å². The first-order valence-corrected chi connectivity index (χ1v) is 12.3. The number of aryl methyl sites for hydroxylation is 1. The highest BCUT2D eigenvalue weighted by Gasteiger charge is 2.59. The van der Waals surface area contributed by atoms with E-state index in [1.807, 2.05) is 0 Å². The van der Waals surface area contributed by atoms with Gasteiger partial charge in [0.05, 0.1) is 0 Å². The molecule has 3 aliphatic carbocycles. The van der Waals surface area contributed by atoms with E-state index >= 15 is 0 Å². The summed E-state index contributed by atoms with van der Waals surface area (Å²) in [5.74, 6) is 3.17. The van der Waals surface area contributed by atoms with Gasteiger partial charge in [-0.1, -0.05) is 19.9 Å². The fourth-order valence-electron chi connectivity index (χ4n) is 7.91. The summed E-state index contributed by atoms with van der Waals surface area (Å²) in [4.78, 5) is 39.8. The van der Waals surface area contributed by atoms with Gasteiger partial charge in [-0.3, -0.25) is 19.7 Å². The van der Waals surface area contributed by atoms with Crippen molar-refractivity contribution >= 4 is 30.0 Å². The molecule has 8 nitrogen and oxygen atoms in total. The average molecular weight is 454 g/mol. The lowest BCUT2D eigenvalue weighted by Crippen LogP contribution is -2.59. The summed E-state index contributed by atoms with van der Waals surface area (Å²) in [7, 11) is 1.78. The van der Waals surface area contributed by atoms with E-state index in [9.17, 15) is 14.4 Å². The van der Waals surface area contributed by atoms with Crippen molar-refractivity contribution in [1.29, 1.82) is 0 Å². The molecule has 1 aliphatic heterocycles. The molecule has 1 aromatic heterocycles. The van der Waals surface area contributed by atoms with Crippen molar-refractivity contribution in [3.05, 3.63) is 18.3 Å². The largest absolute Gasteiger partial charge is 0.349 e. The molecule has 178 valence electrons. The predicted octanol–water partition coefficient (Wildman–Crippen LogP) is 3.23. The van der Waals surface area contributed by atoms with Crippen LogP contribution < -0.4 is 16.0 Å². The summed E-state index contributed by atoms with van der Waals surface area (Å²) in [5, 5.41) is 8.68. The average Bonchev–Trinajstić information content (AvgIpc) is 3.28. The summed E-state index contributed by atoms with van der Waals surface area (Å²) >= 11 is 0. The zero-order chi connectivity index (χ0) is 23.4. The molecule has 3 saturated carbocycles. The Morgan fingerprint density at radius 1 is 1.24 bits per heavy atom. The maximum absolute atomic E-state index is 12.9. The van der Waals surface area contributed by atoms with Crippen LogP contribution in [0.1, 0.15) is 58.8 Å². The minimum Gasteiger partial charge on any atom is -0.349 e. The third-order valence-corrected chi connectivity index (χ3v) is 9.65. The Bertz CT molecular complexity index is 1000. The van der Waals surface area contributed by atoms with Crippen molar-refractivity contribution in [1.82, 2.24) is 14.9 Å². The van der Waals surface area contributed by atoms with E-state index in [0.29, 0.717) is 48.3 Å². The van der Waals surface area contributed by atoms with Crippen LogP contribution in [-0.4, -0.2) is 33.8 Å². The van der Waals surface area contributed by atoms with Crippen LogP contribution in [0.2, 0.25) is 0 Å². The zero-order valence-electron chi connectivity index (χ0n) is 19.8. The molecule has 0 spiro atoms. The Morgan fingerprint density at radius 3 is 2.85 bits per heavy atom. The smallest absolute Gasteiger partial charge is 0.243 e. The molecule has 3 fully saturated rings. The first-order valence-electron chi connectivity index (χ1n) is 12.3. The minimum absolute atomic E-state index is 0.00616. The van der Waals surface area contributed by atoms with Gasteiger partial charge in [0, 0.05) is 31.1 Å². The molecule has 1 aromatic rings. The second-order valence-corrected chi connectivity index (χ2v) is 11.1. The second-order valence-electron chi connectivity index (χ2n) is 11.1. The number of amides is 3. The number of nitrogens with zero attached hydrogens (tertiary/aromatic N) is 2. The topological polar surface area (TPSA) is 105 Å². The number of hydrogen-bond acceptors (Lipinski definition) is 4. The molecular weight excluding hydrogens is 418 g/mol. The van der Waals surface area contributed by atoms with Crippen molar-refractivity contribution in [2.75, 3.05) is 10.6 Å². The van der Waals surface area contributed by atoms with E-state index in [1.165, 1.54) is 12.8 Å². The monoisotopic (exact) mass is 453 g/mol. The van der Waals surface area contributed by atoms with Crippen LogP contribution in [0.4, 0.5) is 11.8 Å². The Morgan fingerprint density at radius 2 is 2.06 bits per heavy atom. The number of imidazole rings is 1. The third-order valence-electron chi connectivity index (χ3n) is 9.65. The lowest BCUT2D eigenvalue weighted by molar-refractivity contribution is -0.123. The first-order chi connectivity index (χ1) is 15.7. The molecule has 3 amide bonds. The van der Waals surface area contributed by atoms with E-state index < -0.39 is 0 Å². The van der Waals surface area contributed by atoms with Gasteiger partial charge in [0.25, 0.3) is 0 Å². The number of hydrogen-bond donors (Lipinski definition) is 3. The standard InChI is InChI=1S/C25H35N5O3/c1-24-10-8-18-16(5-7-19-25(18,2)11-9-21(32)27-19)17(24)6-4-15(24)12-22(33)28-20-13-30(3)23(29-20)26-14-31/h9,11,13-19H,4-8,10,12H2,1-3H3,(H,27,32)(H,28,33)(H,26,29,31)/t15-,16+,17+,18+,19-,24-,25-/m1/s1. The first kappa shape index (κ1) is 22.2. The van der Waals surface area contributed by atoms with E-state index in [2.05, 4.69) is 40.9 Å². The summed E-state index contributed by atoms with van der Waals surface area (Å²) in [5.41, 5.74) is 0.220. The predicted molar refractivity (Wildman–Crippen MR) is 125 cm³/mol.